The van der Waals surface area contributed by atoms with E-state index in [0.717, 1.165) is 10.2 Å². The third kappa shape index (κ3) is 4.12. The number of nitrogens with zero attached hydrogens (tertiary/aromatic N) is 2. The summed E-state index contributed by atoms with van der Waals surface area (Å²) in [5, 5.41) is 6.88. The first-order valence-corrected chi connectivity index (χ1v) is 8.47. The van der Waals surface area contributed by atoms with E-state index in [0.29, 0.717) is 33.8 Å². The SMILES string of the molecule is COc1ccc(Cl)cc1Nc1ncnc(Nc2ccc(Br)cc2)c1N. The van der Waals surface area contributed by atoms with Gasteiger partial charge in [0.05, 0.1) is 12.8 Å². The second-order valence-electron chi connectivity index (χ2n) is 5.09. The van der Waals surface area contributed by atoms with Gasteiger partial charge in [0, 0.05) is 15.2 Å². The van der Waals surface area contributed by atoms with Crippen LogP contribution >= 0.6 is 27.5 Å². The highest BCUT2D eigenvalue weighted by Gasteiger charge is 2.11. The number of methoxy groups -OCH3 is 1. The number of nitrogens with two attached hydrogens (primary N) is 1. The molecule has 25 heavy (non-hydrogen) atoms. The number of anilines is 5. The molecule has 0 radical (unpaired) electrons. The van der Waals surface area contributed by atoms with Crippen LogP contribution < -0.4 is 21.1 Å². The monoisotopic (exact) mass is 419 g/mol. The first-order valence-electron chi connectivity index (χ1n) is 7.30. The number of aromatic nitrogens is 2. The van der Waals surface area contributed by atoms with E-state index in [9.17, 15) is 0 Å². The predicted octanol–water partition coefficient (Wildman–Crippen LogP) is 4.97. The zero-order chi connectivity index (χ0) is 17.8. The Bertz CT molecular complexity index is 889. The van der Waals surface area contributed by atoms with Gasteiger partial charge in [0.2, 0.25) is 0 Å². The van der Waals surface area contributed by atoms with Crippen molar-refractivity contribution < 1.29 is 4.74 Å². The van der Waals surface area contributed by atoms with Crippen molar-refractivity contribution in [2.24, 2.45) is 0 Å². The molecule has 0 fully saturated rings. The topological polar surface area (TPSA) is 85.1 Å². The minimum absolute atomic E-state index is 0.382. The maximum Gasteiger partial charge on any atom is 0.159 e. The lowest BCUT2D eigenvalue weighted by molar-refractivity contribution is 0.417. The van der Waals surface area contributed by atoms with Crippen molar-refractivity contribution in [3.05, 3.63) is 58.3 Å². The Hall–Kier alpha value is -2.51. The quantitative estimate of drug-likeness (QED) is 0.540. The summed E-state index contributed by atoms with van der Waals surface area (Å²) < 4.78 is 6.31. The highest BCUT2D eigenvalue weighted by atomic mass is 79.9. The Morgan fingerprint density at radius 1 is 1.04 bits per heavy atom. The molecule has 0 bridgehead atoms. The van der Waals surface area contributed by atoms with Crippen LogP contribution in [0.4, 0.5) is 28.7 Å². The molecule has 0 amide bonds. The van der Waals surface area contributed by atoms with Crippen LogP contribution in [-0.2, 0) is 0 Å². The molecule has 0 saturated carbocycles. The van der Waals surface area contributed by atoms with Crippen molar-refractivity contribution in [2.75, 3.05) is 23.5 Å². The van der Waals surface area contributed by atoms with Crippen LogP contribution in [0.2, 0.25) is 5.02 Å². The van der Waals surface area contributed by atoms with E-state index in [1.165, 1.54) is 6.33 Å². The van der Waals surface area contributed by atoms with E-state index < -0.39 is 0 Å². The molecule has 1 aromatic heterocycles. The molecule has 3 rings (SSSR count). The molecule has 0 aliphatic heterocycles. The molecule has 128 valence electrons. The Balaban J connectivity index is 1.88. The van der Waals surface area contributed by atoms with Gasteiger partial charge in [0.25, 0.3) is 0 Å². The van der Waals surface area contributed by atoms with Crippen LogP contribution in [0.3, 0.4) is 0 Å². The van der Waals surface area contributed by atoms with Gasteiger partial charge in [-0.05, 0) is 42.5 Å². The first-order chi connectivity index (χ1) is 12.1. The Labute approximate surface area is 158 Å². The van der Waals surface area contributed by atoms with Crippen molar-refractivity contribution in [3.8, 4) is 5.75 Å². The summed E-state index contributed by atoms with van der Waals surface area (Å²) in [5.41, 5.74) is 8.11. The minimum Gasteiger partial charge on any atom is -0.495 e. The largest absolute Gasteiger partial charge is 0.495 e. The number of hydrogen-bond donors (Lipinski definition) is 3. The molecule has 3 aromatic rings. The van der Waals surface area contributed by atoms with Crippen molar-refractivity contribution in [2.45, 2.75) is 0 Å². The fourth-order valence-corrected chi connectivity index (χ4v) is 2.61. The van der Waals surface area contributed by atoms with Crippen molar-refractivity contribution in [1.82, 2.24) is 9.97 Å². The van der Waals surface area contributed by atoms with Gasteiger partial charge in [0.1, 0.15) is 17.8 Å². The maximum atomic E-state index is 6.21. The van der Waals surface area contributed by atoms with Gasteiger partial charge >= 0.3 is 0 Å². The highest BCUT2D eigenvalue weighted by Crippen LogP contribution is 2.33. The second kappa shape index (κ2) is 7.58. The van der Waals surface area contributed by atoms with Crippen LogP contribution in [0.1, 0.15) is 0 Å². The van der Waals surface area contributed by atoms with Gasteiger partial charge in [-0.15, -0.1) is 0 Å². The lowest BCUT2D eigenvalue weighted by Gasteiger charge is -2.14. The summed E-state index contributed by atoms with van der Waals surface area (Å²) in [6.45, 7) is 0. The van der Waals surface area contributed by atoms with Gasteiger partial charge in [-0.3, -0.25) is 0 Å². The summed E-state index contributed by atoms with van der Waals surface area (Å²) in [7, 11) is 1.58. The van der Waals surface area contributed by atoms with E-state index in [1.54, 1.807) is 25.3 Å². The summed E-state index contributed by atoms with van der Waals surface area (Å²) in [4.78, 5) is 8.40. The molecule has 0 atom stereocenters. The predicted molar refractivity (Wildman–Crippen MR) is 105 cm³/mol. The number of hydrogen-bond acceptors (Lipinski definition) is 6. The van der Waals surface area contributed by atoms with Crippen molar-refractivity contribution in [1.29, 1.82) is 0 Å². The molecule has 8 heteroatoms. The zero-order valence-electron chi connectivity index (χ0n) is 13.3. The molecule has 6 nitrogen and oxygen atoms in total. The van der Waals surface area contributed by atoms with Crippen LogP contribution in [0.5, 0.6) is 5.75 Å². The van der Waals surface area contributed by atoms with Crippen LogP contribution in [0.25, 0.3) is 0 Å². The third-order valence-corrected chi connectivity index (χ3v) is 4.17. The molecular weight excluding hydrogens is 406 g/mol. The Morgan fingerprint density at radius 3 is 2.40 bits per heavy atom. The number of rotatable bonds is 5. The molecule has 0 aliphatic carbocycles. The van der Waals surface area contributed by atoms with Gasteiger partial charge < -0.3 is 21.1 Å². The lowest BCUT2D eigenvalue weighted by Crippen LogP contribution is -2.05. The van der Waals surface area contributed by atoms with E-state index in [1.807, 2.05) is 24.3 Å². The smallest absolute Gasteiger partial charge is 0.159 e. The fourth-order valence-electron chi connectivity index (χ4n) is 2.17. The molecule has 0 saturated heterocycles. The van der Waals surface area contributed by atoms with E-state index in [4.69, 9.17) is 22.1 Å². The van der Waals surface area contributed by atoms with E-state index in [-0.39, 0.29) is 0 Å². The first kappa shape index (κ1) is 17.3. The molecule has 2 aromatic carbocycles. The van der Waals surface area contributed by atoms with Gasteiger partial charge in [-0.1, -0.05) is 27.5 Å². The standard InChI is InChI=1S/C17H15BrClN5O/c1-25-14-7-4-11(19)8-13(14)24-17-15(20)16(21-9-22-17)23-12-5-2-10(18)3-6-12/h2-9H,20H2,1H3,(H2,21,22,23,24). The number of ether oxygens (including phenoxy) is 1. The van der Waals surface area contributed by atoms with E-state index >= 15 is 0 Å². The third-order valence-electron chi connectivity index (χ3n) is 3.41. The van der Waals surface area contributed by atoms with Crippen molar-refractivity contribution in [3.63, 3.8) is 0 Å². The number of halogens is 2. The average Bonchev–Trinajstić information content (AvgIpc) is 2.60. The average molecular weight is 421 g/mol. The van der Waals surface area contributed by atoms with Gasteiger partial charge in [0.15, 0.2) is 11.6 Å². The molecule has 0 aliphatic rings. The number of benzene rings is 2. The minimum atomic E-state index is 0.382. The van der Waals surface area contributed by atoms with Crippen LogP contribution in [0, 0.1) is 0 Å². The summed E-state index contributed by atoms with van der Waals surface area (Å²) in [6, 6.07) is 12.9. The maximum absolute atomic E-state index is 6.21. The zero-order valence-corrected chi connectivity index (χ0v) is 15.6. The van der Waals surface area contributed by atoms with E-state index in [2.05, 4.69) is 36.5 Å². The molecule has 0 unspecified atom stereocenters. The second-order valence-corrected chi connectivity index (χ2v) is 6.44. The summed E-state index contributed by atoms with van der Waals surface area (Å²) in [6.07, 6.45) is 1.43. The van der Waals surface area contributed by atoms with Crippen molar-refractivity contribution >= 4 is 56.2 Å². The molecule has 4 N–H and O–H groups in total. The summed E-state index contributed by atoms with van der Waals surface area (Å²) >= 11 is 9.46. The molecule has 1 heterocycles. The lowest BCUT2D eigenvalue weighted by atomic mass is 10.2. The highest BCUT2D eigenvalue weighted by molar-refractivity contribution is 9.10. The Morgan fingerprint density at radius 2 is 1.72 bits per heavy atom. The molecular formula is C17H15BrClN5O. The Kier molecular flexibility index (Phi) is 5.25. The summed E-state index contributed by atoms with van der Waals surface area (Å²) in [5.74, 6) is 1.58. The van der Waals surface area contributed by atoms with Crippen LogP contribution in [-0.4, -0.2) is 17.1 Å². The van der Waals surface area contributed by atoms with Gasteiger partial charge in [-0.2, -0.15) is 0 Å². The fraction of sp³-hybridized carbons (Fsp3) is 0.0588. The number of nitrogen functional groups attached to an aromatic ring is 1. The van der Waals surface area contributed by atoms with Crippen LogP contribution in [0.15, 0.2) is 53.3 Å². The molecule has 0 spiro atoms. The number of nitrogens with one attached hydrogen (secondary N) is 2. The normalized spacial score (nSPS) is 10.4. The van der Waals surface area contributed by atoms with Gasteiger partial charge in [-0.25, -0.2) is 9.97 Å².